The highest BCUT2D eigenvalue weighted by atomic mass is 19.4. The molecule has 0 unspecified atom stereocenters. The fourth-order valence-electron chi connectivity index (χ4n) is 2.52. The second-order valence-electron chi connectivity index (χ2n) is 5.63. The van der Waals surface area contributed by atoms with E-state index in [0.29, 0.717) is 18.9 Å². The quantitative estimate of drug-likeness (QED) is 0.913. The maximum absolute atomic E-state index is 12.5. The summed E-state index contributed by atoms with van der Waals surface area (Å²) < 4.78 is 37.5. The minimum Gasteiger partial charge on any atom is -0.356 e. The van der Waals surface area contributed by atoms with E-state index >= 15 is 0 Å². The van der Waals surface area contributed by atoms with Gasteiger partial charge in [0, 0.05) is 31.7 Å². The number of rotatable bonds is 2. The van der Waals surface area contributed by atoms with Crippen molar-refractivity contribution < 1.29 is 18.0 Å². The van der Waals surface area contributed by atoms with Crippen LogP contribution < -0.4 is 10.2 Å². The summed E-state index contributed by atoms with van der Waals surface area (Å²) in [5.41, 5.74) is -1.000. The summed E-state index contributed by atoms with van der Waals surface area (Å²) in [5, 5.41) is 2.92. The van der Waals surface area contributed by atoms with Crippen molar-refractivity contribution in [2.24, 2.45) is 0 Å². The average molecular weight is 301 g/mol. The van der Waals surface area contributed by atoms with Gasteiger partial charge in [-0.25, -0.2) is 4.98 Å². The SMILES string of the molecule is CC(=O)NC1(C)CCN(c2ccc(C(F)(F)F)cn2)CC1. The molecule has 1 fully saturated rings. The third-order valence-corrected chi connectivity index (χ3v) is 3.74. The molecule has 2 rings (SSSR count). The number of piperidine rings is 1. The Labute approximate surface area is 121 Å². The largest absolute Gasteiger partial charge is 0.417 e. The standard InChI is InChI=1S/C14H18F3N3O/c1-10(21)19-13(2)5-7-20(8-6-13)12-4-3-11(9-18-12)14(15,16)17/h3-4,9H,5-8H2,1-2H3,(H,19,21). The number of nitrogens with zero attached hydrogens (tertiary/aromatic N) is 2. The molecule has 116 valence electrons. The molecule has 1 saturated heterocycles. The van der Waals surface area contributed by atoms with Gasteiger partial charge in [0.05, 0.1) is 5.56 Å². The highest BCUT2D eigenvalue weighted by molar-refractivity contribution is 5.73. The maximum atomic E-state index is 12.5. The topological polar surface area (TPSA) is 45.2 Å². The van der Waals surface area contributed by atoms with Gasteiger partial charge in [-0.15, -0.1) is 0 Å². The lowest BCUT2D eigenvalue weighted by Crippen LogP contribution is -2.53. The van der Waals surface area contributed by atoms with E-state index in [4.69, 9.17) is 0 Å². The van der Waals surface area contributed by atoms with Gasteiger partial charge >= 0.3 is 6.18 Å². The number of carbonyl (C=O) groups excluding carboxylic acids is 1. The molecule has 4 nitrogen and oxygen atoms in total. The Hall–Kier alpha value is -1.79. The first-order chi connectivity index (χ1) is 9.70. The number of amides is 1. The number of hydrogen-bond donors (Lipinski definition) is 1. The van der Waals surface area contributed by atoms with Crippen LogP contribution in [0, 0.1) is 0 Å². The van der Waals surface area contributed by atoms with E-state index in [2.05, 4.69) is 10.3 Å². The molecular formula is C14H18F3N3O. The molecular weight excluding hydrogens is 283 g/mol. The number of alkyl halides is 3. The summed E-state index contributed by atoms with van der Waals surface area (Å²) >= 11 is 0. The van der Waals surface area contributed by atoms with Crippen LogP contribution in [0.5, 0.6) is 0 Å². The van der Waals surface area contributed by atoms with Gasteiger partial charge in [0.15, 0.2) is 0 Å². The van der Waals surface area contributed by atoms with Crippen molar-refractivity contribution in [3.63, 3.8) is 0 Å². The molecule has 1 aromatic rings. The molecule has 1 aliphatic heterocycles. The van der Waals surface area contributed by atoms with Gasteiger partial charge in [-0.3, -0.25) is 4.79 Å². The van der Waals surface area contributed by atoms with Crippen LogP contribution in [0.25, 0.3) is 0 Å². The summed E-state index contributed by atoms with van der Waals surface area (Å²) in [4.78, 5) is 17.0. The maximum Gasteiger partial charge on any atom is 0.417 e. The van der Waals surface area contributed by atoms with Gasteiger partial charge in [0.1, 0.15) is 5.82 Å². The molecule has 0 bridgehead atoms. The number of aromatic nitrogens is 1. The highest BCUT2D eigenvalue weighted by Crippen LogP contribution is 2.30. The van der Waals surface area contributed by atoms with Crippen LogP contribution in [0.3, 0.4) is 0 Å². The molecule has 0 spiro atoms. The monoisotopic (exact) mass is 301 g/mol. The van der Waals surface area contributed by atoms with Gasteiger partial charge in [-0.1, -0.05) is 0 Å². The molecule has 0 aliphatic carbocycles. The molecule has 0 radical (unpaired) electrons. The van der Waals surface area contributed by atoms with Crippen LogP contribution in [0.15, 0.2) is 18.3 Å². The number of anilines is 1. The second-order valence-corrected chi connectivity index (χ2v) is 5.63. The number of hydrogen-bond acceptors (Lipinski definition) is 3. The summed E-state index contributed by atoms with van der Waals surface area (Å²) in [6, 6.07) is 2.44. The van der Waals surface area contributed by atoms with Crippen LogP contribution in [0.1, 0.15) is 32.3 Å². The molecule has 0 atom stereocenters. The summed E-state index contributed by atoms with van der Waals surface area (Å²) in [6.07, 6.45) is -2.04. The zero-order valence-electron chi connectivity index (χ0n) is 12.0. The Balaban J connectivity index is 2.01. The fraction of sp³-hybridized carbons (Fsp3) is 0.571. The Bertz CT molecular complexity index is 505. The number of nitrogens with one attached hydrogen (secondary N) is 1. The molecule has 1 N–H and O–H groups in total. The average Bonchev–Trinajstić information content (AvgIpc) is 2.37. The number of carbonyl (C=O) groups is 1. The molecule has 7 heteroatoms. The van der Waals surface area contributed by atoms with E-state index in [0.717, 1.165) is 25.1 Å². The zero-order chi connectivity index (χ0) is 15.7. The summed E-state index contributed by atoms with van der Waals surface area (Å²) in [5.74, 6) is 0.464. The lowest BCUT2D eigenvalue weighted by molar-refractivity contribution is -0.137. The molecule has 0 aromatic carbocycles. The van der Waals surface area contributed by atoms with Gasteiger partial charge in [-0.2, -0.15) is 13.2 Å². The van der Waals surface area contributed by atoms with E-state index in [-0.39, 0.29) is 11.4 Å². The molecule has 21 heavy (non-hydrogen) atoms. The van der Waals surface area contributed by atoms with Crippen LogP contribution in [0.4, 0.5) is 19.0 Å². The van der Waals surface area contributed by atoms with Crippen molar-refractivity contribution in [1.29, 1.82) is 0 Å². The van der Waals surface area contributed by atoms with Crippen molar-refractivity contribution in [2.75, 3.05) is 18.0 Å². The van der Waals surface area contributed by atoms with Crippen LogP contribution in [0.2, 0.25) is 0 Å². The number of pyridine rings is 1. The molecule has 2 heterocycles. The minimum absolute atomic E-state index is 0.0707. The predicted molar refractivity (Wildman–Crippen MR) is 72.9 cm³/mol. The van der Waals surface area contributed by atoms with Crippen molar-refractivity contribution in [3.05, 3.63) is 23.9 Å². The van der Waals surface area contributed by atoms with Crippen molar-refractivity contribution in [1.82, 2.24) is 10.3 Å². The molecule has 1 amide bonds. The van der Waals surface area contributed by atoms with E-state index in [1.54, 1.807) is 0 Å². The van der Waals surface area contributed by atoms with Crippen LogP contribution in [-0.2, 0) is 11.0 Å². The van der Waals surface area contributed by atoms with Gasteiger partial charge in [0.2, 0.25) is 5.91 Å². The molecule has 1 aliphatic rings. The van der Waals surface area contributed by atoms with Gasteiger partial charge in [-0.05, 0) is 31.9 Å². The van der Waals surface area contributed by atoms with Crippen molar-refractivity contribution >= 4 is 11.7 Å². The normalized spacial score (nSPS) is 18.4. The van der Waals surface area contributed by atoms with Gasteiger partial charge in [0.25, 0.3) is 0 Å². The lowest BCUT2D eigenvalue weighted by atomic mass is 9.89. The van der Waals surface area contributed by atoms with E-state index in [9.17, 15) is 18.0 Å². The molecule has 1 aromatic heterocycles. The summed E-state index contributed by atoms with van der Waals surface area (Å²) in [7, 11) is 0. The van der Waals surface area contributed by atoms with E-state index < -0.39 is 11.7 Å². The molecule has 0 saturated carbocycles. The first-order valence-corrected chi connectivity index (χ1v) is 6.77. The van der Waals surface area contributed by atoms with E-state index in [1.165, 1.54) is 13.0 Å². The Kier molecular flexibility index (Phi) is 4.11. The Morgan fingerprint density at radius 2 is 1.95 bits per heavy atom. The first kappa shape index (κ1) is 15.6. The highest BCUT2D eigenvalue weighted by Gasteiger charge is 2.33. The van der Waals surface area contributed by atoms with Crippen LogP contribution in [-0.4, -0.2) is 29.5 Å². The third kappa shape index (κ3) is 3.86. The smallest absolute Gasteiger partial charge is 0.356 e. The predicted octanol–water partition coefficient (Wildman–Crippen LogP) is 2.60. The fourth-order valence-corrected chi connectivity index (χ4v) is 2.52. The van der Waals surface area contributed by atoms with Crippen molar-refractivity contribution in [2.45, 2.75) is 38.4 Å². The van der Waals surface area contributed by atoms with Gasteiger partial charge < -0.3 is 10.2 Å². The Morgan fingerprint density at radius 3 is 2.38 bits per heavy atom. The third-order valence-electron chi connectivity index (χ3n) is 3.74. The van der Waals surface area contributed by atoms with Crippen LogP contribution >= 0.6 is 0 Å². The Morgan fingerprint density at radius 1 is 1.33 bits per heavy atom. The van der Waals surface area contributed by atoms with Crippen molar-refractivity contribution in [3.8, 4) is 0 Å². The number of halogens is 3. The minimum atomic E-state index is -4.36. The zero-order valence-corrected chi connectivity index (χ0v) is 12.0. The lowest BCUT2D eigenvalue weighted by Gasteiger charge is -2.40. The second kappa shape index (κ2) is 5.54. The summed E-state index contributed by atoms with van der Waals surface area (Å²) in [6.45, 7) is 4.76. The first-order valence-electron chi connectivity index (χ1n) is 6.77. The van der Waals surface area contributed by atoms with E-state index in [1.807, 2.05) is 11.8 Å².